The molecule has 0 saturated heterocycles. The molecule has 2 heterocycles. The molecule has 6 heteroatoms. The van der Waals surface area contributed by atoms with Gasteiger partial charge >= 0.3 is 0 Å². The first-order valence-corrected chi connectivity index (χ1v) is 3.81. The fourth-order valence-electron chi connectivity index (χ4n) is 1.21. The van der Waals surface area contributed by atoms with Gasteiger partial charge < -0.3 is 19.7 Å². The lowest BCUT2D eigenvalue weighted by atomic mass is 10.3. The minimum Gasteiger partial charge on any atom is -0.471 e. The number of aliphatic hydroxyl groups is 1. The average Bonchev–Trinajstić information content (AvgIpc) is 2.12. The van der Waals surface area contributed by atoms with E-state index in [2.05, 4.69) is 9.97 Å². The molecule has 1 aliphatic heterocycles. The Morgan fingerprint density at radius 2 is 2.62 bits per heavy atom. The molecule has 0 bridgehead atoms. The van der Waals surface area contributed by atoms with Gasteiger partial charge in [0.05, 0.1) is 6.33 Å². The van der Waals surface area contributed by atoms with E-state index in [9.17, 15) is 9.90 Å². The zero-order valence-electron chi connectivity index (χ0n) is 7.02. The molecule has 13 heavy (non-hydrogen) atoms. The highest BCUT2D eigenvalue weighted by Gasteiger charge is 2.26. The van der Waals surface area contributed by atoms with Crippen LogP contribution in [0.3, 0.4) is 0 Å². The highest BCUT2D eigenvalue weighted by molar-refractivity contribution is 5.54. The van der Waals surface area contributed by atoms with Gasteiger partial charge in [0.1, 0.15) is 6.61 Å². The van der Waals surface area contributed by atoms with Crippen molar-refractivity contribution in [3.05, 3.63) is 16.7 Å². The molecular weight excluding hydrogens is 174 g/mol. The predicted octanol–water partition coefficient (Wildman–Crippen LogP) is -1.08. The van der Waals surface area contributed by atoms with Crippen molar-refractivity contribution < 1.29 is 9.84 Å². The first kappa shape index (κ1) is 8.06. The maximum absolute atomic E-state index is 11.3. The van der Waals surface area contributed by atoms with Crippen molar-refractivity contribution in [3.63, 3.8) is 0 Å². The maximum Gasteiger partial charge on any atom is 0.278 e. The summed E-state index contributed by atoms with van der Waals surface area (Å²) in [6.07, 6.45) is 0.477. The minimum absolute atomic E-state index is 0.125. The predicted molar refractivity (Wildman–Crippen MR) is 44.8 cm³/mol. The number of hydrogen-bond acceptors (Lipinski definition) is 5. The normalized spacial score (nSPS) is 20.8. The van der Waals surface area contributed by atoms with Crippen LogP contribution in [0.25, 0.3) is 0 Å². The highest BCUT2D eigenvalue weighted by atomic mass is 16.5. The van der Waals surface area contributed by atoms with E-state index in [-0.39, 0.29) is 23.7 Å². The molecule has 0 aromatic carbocycles. The summed E-state index contributed by atoms with van der Waals surface area (Å²) in [4.78, 5) is 19.0. The Morgan fingerprint density at radius 3 is 3.38 bits per heavy atom. The van der Waals surface area contributed by atoms with Crippen LogP contribution in [0.1, 0.15) is 0 Å². The van der Waals surface area contributed by atoms with Crippen LogP contribution in [0.15, 0.2) is 11.1 Å². The minimum atomic E-state index is -0.794. The number of aliphatic hydroxyl groups excluding tert-OH is 1. The summed E-state index contributed by atoms with van der Waals surface area (Å²) >= 11 is 0. The average molecular weight is 183 g/mol. The van der Waals surface area contributed by atoms with Crippen molar-refractivity contribution in [2.24, 2.45) is 0 Å². The summed E-state index contributed by atoms with van der Waals surface area (Å²) < 4.78 is 5.06. The lowest BCUT2D eigenvalue weighted by molar-refractivity contribution is 0.0918. The Balaban J connectivity index is 2.57. The van der Waals surface area contributed by atoms with E-state index < -0.39 is 6.23 Å². The van der Waals surface area contributed by atoms with Gasteiger partial charge in [0.15, 0.2) is 11.9 Å². The Morgan fingerprint density at radius 1 is 1.85 bits per heavy atom. The summed E-state index contributed by atoms with van der Waals surface area (Å²) in [6.45, 7) is 0.125. The molecule has 1 unspecified atom stereocenters. The van der Waals surface area contributed by atoms with Crippen LogP contribution in [0.4, 0.5) is 5.69 Å². The van der Waals surface area contributed by atoms with Crippen LogP contribution in [-0.2, 0) is 0 Å². The second-order valence-corrected chi connectivity index (χ2v) is 2.79. The summed E-state index contributed by atoms with van der Waals surface area (Å²) in [5, 5.41) is 9.37. The number of fused-ring (bicyclic) bond motifs is 1. The van der Waals surface area contributed by atoms with Crippen LogP contribution >= 0.6 is 0 Å². The monoisotopic (exact) mass is 183 g/mol. The molecule has 0 aliphatic carbocycles. The van der Waals surface area contributed by atoms with Gasteiger partial charge in [-0.05, 0) is 0 Å². The van der Waals surface area contributed by atoms with Crippen LogP contribution in [0, 0.1) is 0 Å². The van der Waals surface area contributed by atoms with Gasteiger partial charge in [0.25, 0.3) is 5.56 Å². The van der Waals surface area contributed by atoms with Crippen LogP contribution < -0.4 is 15.2 Å². The maximum atomic E-state index is 11.3. The molecule has 0 radical (unpaired) electrons. The second-order valence-electron chi connectivity index (χ2n) is 2.79. The van der Waals surface area contributed by atoms with Gasteiger partial charge in [-0.15, -0.1) is 0 Å². The molecule has 0 amide bonds. The molecule has 0 spiro atoms. The zero-order chi connectivity index (χ0) is 9.42. The van der Waals surface area contributed by atoms with Crippen molar-refractivity contribution in [1.29, 1.82) is 0 Å². The third-order valence-corrected chi connectivity index (χ3v) is 1.96. The number of H-pyrrole nitrogens is 1. The quantitative estimate of drug-likeness (QED) is 0.534. The van der Waals surface area contributed by atoms with Crippen molar-refractivity contribution >= 4 is 5.69 Å². The summed E-state index contributed by atoms with van der Waals surface area (Å²) in [5.74, 6) is 0.261. The molecule has 6 nitrogen and oxygen atoms in total. The Kier molecular flexibility index (Phi) is 1.70. The summed E-state index contributed by atoms with van der Waals surface area (Å²) in [5.41, 5.74) is -0.0486. The van der Waals surface area contributed by atoms with Crippen molar-refractivity contribution in [2.75, 3.05) is 18.6 Å². The van der Waals surface area contributed by atoms with Crippen LogP contribution in [0.5, 0.6) is 5.88 Å². The number of aromatic nitrogens is 2. The molecule has 1 atom stereocenters. The third-order valence-electron chi connectivity index (χ3n) is 1.96. The van der Waals surface area contributed by atoms with Crippen LogP contribution in [-0.4, -0.2) is 35.0 Å². The Labute approximate surface area is 73.8 Å². The fraction of sp³-hybridized carbons (Fsp3) is 0.429. The van der Waals surface area contributed by atoms with Crippen molar-refractivity contribution in [1.82, 2.24) is 9.97 Å². The lowest BCUT2D eigenvalue weighted by Crippen LogP contribution is -2.43. The van der Waals surface area contributed by atoms with Gasteiger partial charge in [0, 0.05) is 7.05 Å². The largest absolute Gasteiger partial charge is 0.471 e. The lowest BCUT2D eigenvalue weighted by Gasteiger charge is -2.30. The first-order valence-electron chi connectivity index (χ1n) is 3.81. The summed E-state index contributed by atoms with van der Waals surface area (Å²) in [7, 11) is 1.61. The van der Waals surface area contributed by atoms with E-state index in [0.29, 0.717) is 0 Å². The Hall–Kier alpha value is -1.56. The molecule has 70 valence electrons. The molecule has 2 N–H and O–H groups in total. The number of likely N-dealkylation sites (N-methyl/N-ethyl adjacent to an activating group) is 1. The van der Waals surface area contributed by atoms with Gasteiger partial charge in [0.2, 0.25) is 5.88 Å². The number of nitrogens with one attached hydrogen (secondary N) is 1. The molecule has 2 rings (SSSR count). The van der Waals surface area contributed by atoms with E-state index in [0.717, 1.165) is 0 Å². The molecule has 0 fully saturated rings. The Bertz CT molecular complexity index is 375. The number of rotatable bonds is 0. The highest BCUT2D eigenvalue weighted by Crippen LogP contribution is 2.24. The number of ether oxygens (including phenoxy) is 1. The number of aromatic amines is 1. The van der Waals surface area contributed by atoms with Gasteiger partial charge in [-0.3, -0.25) is 4.79 Å². The first-order chi connectivity index (χ1) is 6.20. The molecule has 1 aromatic heterocycles. The number of hydrogen-bond donors (Lipinski definition) is 2. The van der Waals surface area contributed by atoms with E-state index in [4.69, 9.17) is 4.74 Å². The van der Waals surface area contributed by atoms with Crippen LogP contribution in [0.2, 0.25) is 0 Å². The summed E-state index contributed by atoms with van der Waals surface area (Å²) in [6, 6.07) is 0. The van der Waals surface area contributed by atoms with Gasteiger partial charge in [-0.2, -0.15) is 0 Å². The SMILES string of the molecule is CN1c2c(nc[nH]c2=O)OCC1O. The topological polar surface area (TPSA) is 78.5 Å². The fourth-order valence-corrected chi connectivity index (χ4v) is 1.21. The third kappa shape index (κ3) is 1.15. The molecule has 1 aliphatic rings. The second kappa shape index (κ2) is 2.74. The molecule has 0 saturated carbocycles. The number of nitrogens with zero attached hydrogens (tertiary/aromatic N) is 2. The van der Waals surface area contributed by atoms with E-state index >= 15 is 0 Å². The van der Waals surface area contributed by atoms with E-state index in [1.165, 1.54) is 11.2 Å². The zero-order valence-corrected chi connectivity index (χ0v) is 7.02. The smallest absolute Gasteiger partial charge is 0.278 e. The van der Waals surface area contributed by atoms with Crippen molar-refractivity contribution in [2.45, 2.75) is 6.23 Å². The molecule has 1 aromatic rings. The van der Waals surface area contributed by atoms with E-state index in [1.54, 1.807) is 7.05 Å². The van der Waals surface area contributed by atoms with E-state index in [1.807, 2.05) is 0 Å². The standard InChI is InChI=1S/C7H9N3O3/c1-10-4(11)2-13-7-5(10)6(12)8-3-9-7/h3-4,11H,2H2,1H3,(H,8,9,12). The van der Waals surface area contributed by atoms with Crippen molar-refractivity contribution in [3.8, 4) is 5.88 Å². The molecular formula is C7H9N3O3. The number of anilines is 1. The van der Waals surface area contributed by atoms with Gasteiger partial charge in [-0.25, -0.2) is 4.98 Å². The van der Waals surface area contributed by atoms with Gasteiger partial charge in [-0.1, -0.05) is 0 Å².